The SMILES string of the molecule is OC(CNc1ncnc2[nH]ncc12)c1ccccc1Cl. The van der Waals surface area contributed by atoms with Crippen LogP contribution in [0.5, 0.6) is 0 Å². The Labute approximate surface area is 119 Å². The number of aliphatic hydroxyl groups excluding tert-OH is 1. The van der Waals surface area contributed by atoms with Crippen molar-refractivity contribution in [2.24, 2.45) is 0 Å². The number of hydrogen-bond donors (Lipinski definition) is 3. The zero-order valence-electron chi connectivity index (χ0n) is 10.4. The molecule has 0 radical (unpaired) electrons. The average molecular weight is 290 g/mol. The number of aliphatic hydroxyl groups is 1. The number of H-pyrrole nitrogens is 1. The maximum Gasteiger partial charge on any atom is 0.160 e. The van der Waals surface area contributed by atoms with Crippen molar-refractivity contribution in [2.75, 3.05) is 11.9 Å². The summed E-state index contributed by atoms with van der Waals surface area (Å²) >= 11 is 6.05. The topological polar surface area (TPSA) is 86.7 Å². The van der Waals surface area contributed by atoms with Gasteiger partial charge in [-0.05, 0) is 6.07 Å². The lowest BCUT2D eigenvalue weighted by molar-refractivity contribution is 0.191. The van der Waals surface area contributed by atoms with Crippen molar-refractivity contribution >= 4 is 28.5 Å². The van der Waals surface area contributed by atoms with Crippen LogP contribution >= 0.6 is 11.6 Å². The first-order chi connectivity index (χ1) is 9.75. The molecule has 2 aromatic heterocycles. The van der Waals surface area contributed by atoms with Crippen LogP contribution in [0.25, 0.3) is 11.0 Å². The average Bonchev–Trinajstić information content (AvgIpc) is 2.94. The summed E-state index contributed by atoms with van der Waals surface area (Å²) < 4.78 is 0. The molecule has 3 N–H and O–H groups in total. The van der Waals surface area contributed by atoms with Gasteiger partial charge in [0.15, 0.2) is 5.65 Å². The quantitative estimate of drug-likeness (QED) is 0.685. The van der Waals surface area contributed by atoms with Gasteiger partial charge in [0.1, 0.15) is 12.1 Å². The second kappa shape index (κ2) is 5.44. The number of benzene rings is 1. The second-order valence-electron chi connectivity index (χ2n) is 4.27. The van der Waals surface area contributed by atoms with Crippen molar-refractivity contribution in [3.8, 4) is 0 Å². The van der Waals surface area contributed by atoms with E-state index in [-0.39, 0.29) is 0 Å². The van der Waals surface area contributed by atoms with E-state index in [1.54, 1.807) is 18.3 Å². The lowest BCUT2D eigenvalue weighted by atomic mass is 10.1. The Morgan fingerprint density at radius 3 is 3.00 bits per heavy atom. The number of fused-ring (bicyclic) bond motifs is 1. The summed E-state index contributed by atoms with van der Waals surface area (Å²) in [6, 6.07) is 7.20. The highest BCUT2D eigenvalue weighted by molar-refractivity contribution is 6.31. The standard InChI is InChI=1S/C13H12ClN5O/c14-10-4-2-1-3-8(10)11(20)6-15-12-9-5-18-19-13(9)17-7-16-12/h1-5,7,11,20H,6H2,(H2,15,16,17,18,19). The molecule has 0 aliphatic rings. The van der Waals surface area contributed by atoms with Crippen molar-refractivity contribution in [1.29, 1.82) is 0 Å². The second-order valence-corrected chi connectivity index (χ2v) is 4.68. The number of anilines is 1. The van der Waals surface area contributed by atoms with Gasteiger partial charge in [-0.25, -0.2) is 9.97 Å². The van der Waals surface area contributed by atoms with Gasteiger partial charge in [-0.1, -0.05) is 29.8 Å². The zero-order chi connectivity index (χ0) is 13.9. The fraction of sp³-hybridized carbons (Fsp3) is 0.154. The molecule has 3 aromatic rings. The van der Waals surface area contributed by atoms with Crippen LogP contribution in [0.4, 0.5) is 5.82 Å². The molecule has 6 nitrogen and oxygen atoms in total. The van der Waals surface area contributed by atoms with E-state index in [1.165, 1.54) is 6.33 Å². The van der Waals surface area contributed by atoms with E-state index in [4.69, 9.17) is 11.6 Å². The molecule has 2 heterocycles. The fourth-order valence-electron chi connectivity index (χ4n) is 1.95. The molecule has 7 heteroatoms. The minimum Gasteiger partial charge on any atom is -0.387 e. The third-order valence-electron chi connectivity index (χ3n) is 2.98. The molecule has 0 bridgehead atoms. The van der Waals surface area contributed by atoms with Gasteiger partial charge in [0.05, 0.1) is 17.7 Å². The number of halogens is 1. The van der Waals surface area contributed by atoms with Gasteiger partial charge in [0.25, 0.3) is 0 Å². The summed E-state index contributed by atoms with van der Waals surface area (Å²) in [4.78, 5) is 8.19. The third-order valence-corrected chi connectivity index (χ3v) is 3.32. The Bertz CT molecular complexity index is 729. The predicted molar refractivity (Wildman–Crippen MR) is 76.6 cm³/mol. The smallest absolute Gasteiger partial charge is 0.160 e. The van der Waals surface area contributed by atoms with E-state index in [9.17, 15) is 5.11 Å². The van der Waals surface area contributed by atoms with Crippen LogP contribution in [0, 0.1) is 0 Å². The number of hydrogen-bond acceptors (Lipinski definition) is 5. The molecule has 1 aromatic carbocycles. The van der Waals surface area contributed by atoms with Crippen molar-refractivity contribution in [3.05, 3.63) is 47.4 Å². The molecule has 0 aliphatic heterocycles. The van der Waals surface area contributed by atoms with Crippen LogP contribution in [0.2, 0.25) is 5.02 Å². The molecule has 0 saturated carbocycles. The van der Waals surface area contributed by atoms with Crippen molar-refractivity contribution < 1.29 is 5.11 Å². The lowest BCUT2D eigenvalue weighted by Gasteiger charge is -2.14. The maximum absolute atomic E-state index is 10.2. The lowest BCUT2D eigenvalue weighted by Crippen LogP contribution is -2.13. The molecule has 0 spiro atoms. The van der Waals surface area contributed by atoms with Crippen molar-refractivity contribution in [2.45, 2.75) is 6.10 Å². The van der Waals surface area contributed by atoms with Crippen LogP contribution in [0.1, 0.15) is 11.7 Å². The van der Waals surface area contributed by atoms with Crippen LogP contribution in [0.15, 0.2) is 36.8 Å². The first-order valence-electron chi connectivity index (χ1n) is 6.06. The van der Waals surface area contributed by atoms with Gasteiger partial charge in [0, 0.05) is 17.1 Å². The van der Waals surface area contributed by atoms with Gasteiger partial charge in [-0.2, -0.15) is 5.10 Å². The minimum absolute atomic E-state index is 0.293. The largest absolute Gasteiger partial charge is 0.387 e. The minimum atomic E-state index is -0.722. The van der Waals surface area contributed by atoms with Crippen molar-refractivity contribution in [1.82, 2.24) is 20.2 Å². The van der Waals surface area contributed by atoms with Gasteiger partial charge >= 0.3 is 0 Å². The van der Waals surface area contributed by atoms with Gasteiger partial charge in [0.2, 0.25) is 0 Å². The Kier molecular flexibility index (Phi) is 3.49. The summed E-state index contributed by atoms with van der Waals surface area (Å²) in [5, 5.41) is 21.2. The Hall–Kier alpha value is -2.18. The van der Waals surface area contributed by atoms with Gasteiger partial charge in [-0.15, -0.1) is 0 Å². The summed E-state index contributed by atoms with van der Waals surface area (Å²) in [6.07, 6.45) is 2.35. The molecule has 1 atom stereocenters. The molecular weight excluding hydrogens is 278 g/mol. The van der Waals surface area contributed by atoms with Crippen molar-refractivity contribution in [3.63, 3.8) is 0 Å². The molecule has 20 heavy (non-hydrogen) atoms. The highest BCUT2D eigenvalue weighted by atomic mass is 35.5. The molecular formula is C13H12ClN5O. The fourth-order valence-corrected chi connectivity index (χ4v) is 2.22. The number of aromatic nitrogens is 4. The summed E-state index contributed by atoms with van der Waals surface area (Å²) in [5.41, 5.74) is 1.33. The van der Waals surface area contributed by atoms with Crippen LogP contribution < -0.4 is 5.32 Å². The maximum atomic E-state index is 10.2. The first kappa shape index (κ1) is 12.8. The van der Waals surface area contributed by atoms with E-state index >= 15 is 0 Å². The molecule has 0 fully saturated rings. The number of nitrogens with one attached hydrogen (secondary N) is 2. The third kappa shape index (κ3) is 2.43. The van der Waals surface area contributed by atoms with E-state index < -0.39 is 6.10 Å². The van der Waals surface area contributed by atoms with E-state index in [0.29, 0.717) is 28.6 Å². The normalized spacial score (nSPS) is 12.5. The van der Waals surface area contributed by atoms with Crippen LogP contribution in [0.3, 0.4) is 0 Å². The monoisotopic (exact) mass is 289 g/mol. The van der Waals surface area contributed by atoms with Crippen LogP contribution in [-0.4, -0.2) is 31.8 Å². The molecule has 102 valence electrons. The highest BCUT2D eigenvalue weighted by Crippen LogP contribution is 2.23. The molecule has 3 rings (SSSR count). The predicted octanol–water partition coefficient (Wildman–Crippen LogP) is 2.15. The Morgan fingerprint density at radius 2 is 2.15 bits per heavy atom. The molecule has 1 unspecified atom stereocenters. The molecule has 0 saturated heterocycles. The number of aromatic amines is 1. The van der Waals surface area contributed by atoms with Crippen LogP contribution in [-0.2, 0) is 0 Å². The summed E-state index contributed by atoms with van der Waals surface area (Å²) in [7, 11) is 0. The van der Waals surface area contributed by atoms with Gasteiger partial charge in [-0.3, -0.25) is 5.10 Å². The molecule has 0 aliphatic carbocycles. The highest BCUT2D eigenvalue weighted by Gasteiger charge is 2.12. The first-order valence-corrected chi connectivity index (χ1v) is 6.44. The van der Waals surface area contributed by atoms with E-state index in [1.807, 2.05) is 12.1 Å². The molecule has 0 amide bonds. The van der Waals surface area contributed by atoms with E-state index in [0.717, 1.165) is 5.39 Å². The Balaban J connectivity index is 1.76. The Morgan fingerprint density at radius 1 is 1.30 bits per heavy atom. The zero-order valence-corrected chi connectivity index (χ0v) is 11.2. The van der Waals surface area contributed by atoms with E-state index in [2.05, 4.69) is 25.5 Å². The number of nitrogens with zero attached hydrogens (tertiary/aromatic N) is 3. The van der Waals surface area contributed by atoms with Gasteiger partial charge < -0.3 is 10.4 Å². The summed E-state index contributed by atoms with van der Waals surface area (Å²) in [5.74, 6) is 0.620. The summed E-state index contributed by atoms with van der Waals surface area (Å²) in [6.45, 7) is 0.293. The number of rotatable bonds is 4.